The van der Waals surface area contributed by atoms with Crippen molar-refractivity contribution in [3.63, 3.8) is 0 Å². The Morgan fingerprint density at radius 2 is 1.70 bits per heavy atom. The topological polar surface area (TPSA) is 44.6 Å². The van der Waals surface area contributed by atoms with Crippen LogP contribution in [-0.4, -0.2) is 10.2 Å². The third-order valence-corrected chi connectivity index (χ3v) is 3.68. The van der Waals surface area contributed by atoms with E-state index < -0.39 is 0 Å². The second-order valence-electron chi connectivity index (χ2n) is 4.93. The summed E-state index contributed by atoms with van der Waals surface area (Å²) < 4.78 is 1.96. The van der Waals surface area contributed by atoms with Crippen LogP contribution in [0.1, 0.15) is 0 Å². The lowest BCUT2D eigenvalue weighted by molar-refractivity contribution is -0.509. The first-order chi connectivity index (χ1) is 9.72. The molecule has 3 heteroatoms. The van der Waals surface area contributed by atoms with Crippen LogP contribution in [0.25, 0.3) is 27.1 Å². The molecule has 0 spiro atoms. The molecule has 0 fully saturated rings. The zero-order valence-corrected chi connectivity index (χ0v) is 10.6. The second-order valence-corrected chi connectivity index (χ2v) is 4.93. The number of benzene rings is 2. The average Bonchev–Trinajstić information content (AvgIpc) is 2.46. The Labute approximate surface area is 115 Å². The zero-order chi connectivity index (χ0) is 13.7. The lowest BCUT2D eigenvalue weighted by Crippen LogP contribution is -2.20. The Kier molecular flexibility index (Phi) is 2.12. The van der Waals surface area contributed by atoms with Gasteiger partial charge in [0.2, 0.25) is 5.52 Å². The summed E-state index contributed by atoms with van der Waals surface area (Å²) in [5.41, 5.74) is 0.997. The van der Waals surface area contributed by atoms with E-state index in [2.05, 4.69) is 0 Å². The average molecular weight is 262 g/mol. The van der Waals surface area contributed by atoms with Crippen LogP contribution in [0.4, 0.5) is 0 Å². The normalized spacial score (nSPS) is 11.4. The summed E-state index contributed by atoms with van der Waals surface area (Å²) in [6.07, 6.45) is 3.87. The van der Waals surface area contributed by atoms with Crippen LogP contribution in [-0.2, 0) is 0 Å². The maximum absolute atomic E-state index is 9.93. The number of hydrogen-bond acceptors (Lipinski definition) is 2. The van der Waals surface area contributed by atoms with Gasteiger partial charge >= 0.3 is 0 Å². The van der Waals surface area contributed by atoms with Gasteiger partial charge in [0, 0.05) is 12.1 Å². The first-order valence-corrected chi connectivity index (χ1v) is 6.41. The van der Waals surface area contributed by atoms with Gasteiger partial charge in [-0.1, -0.05) is 18.2 Å². The maximum Gasteiger partial charge on any atom is 0.219 e. The van der Waals surface area contributed by atoms with E-state index in [1.165, 1.54) is 0 Å². The molecule has 0 saturated heterocycles. The monoisotopic (exact) mass is 262 g/mol. The molecule has 2 N–H and O–H groups in total. The van der Waals surface area contributed by atoms with E-state index in [0.29, 0.717) is 0 Å². The van der Waals surface area contributed by atoms with Gasteiger partial charge in [0.25, 0.3) is 0 Å². The van der Waals surface area contributed by atoms with Crippen LogP contribution >= 0.6 is 0 Å². The van der Waals surface area contributed by atoms with Crippen LogP contribution in [0.3, 0.4) is 0 Å². The maximum atomic E-state index is 9.93. The Balaban J connectivity index is 2.24. The molecule has 0 atom stereocenters. The van der Waals surface area contributed by atoms with E-state index in [1.54, 1.807) is 18.2 Å². The molecule has 4 rings (SSSR count). The van der Waals surface area contributed by atoms with E-state index in [-0.39, 0.29) is 11.5 Å². The van der Waals surface area contributed by atoms with Gasteiger partial charge in [-0.2, -0.15) is 4.40 Å². The third kappa shape index (κ3) is 1.50. The van der Waals surface area contributed by atoms with Crippen molar-refractivity contribution >= 4 is 27.1 Å². The van der Waals surface area contributed by atoms with E-state index in [4.69, 9.17) is 0 Å². The molecular weight excluding hydrogens is 250 g/mol. The quantitative estimate of drug-likeness (QED) is 0.290. The van der Waals surface area contributed by atoms with Crippen LogP contribution in [0.2, 0.25) is 0 Å². The Morgan fingerprint density at radius 3 is 2.60 bits per heavy atom. The predicted octanol–water partition coefficient (Wildman–Crippen LogP) is 3.14. The van der Waals surface area contributed by atoms with Gasteiger partial charge in [-0.3, -0.25) is 0 Å². The molecule has 0 amide bonds. The summed E-state index contributed by atoms with van der Waals surface area (Å²) in [4.78, 5) is 0. The third-order valence-electron chi connectivity index (χ3n) is 3.68. The van der Waals surface area contributed by atoms with E-state index in [1.807, 2.05) is 47.1 Å². The number of nitrogens with zero attached hydrogens (tertiary/aromatic N) is 1. The molecule has 96 valence electrons. The second kappa shape index (κ2) is 3.84. The van der Waals surface area contributed by atoms with Crippen LogP contribution in [0.5, 0.6) is 11.5 Å². The van der Waals surface area contributed by atoms with Gasteiger partial charge in [0.05, 0.1) is 10.8 Å². The number of phenolic OH excluding ortho intramolecular Hbond substituents is 2. The highest BCUT2D eigenvalue weighted by atomic mass is 16.3. The minimum Gasteiger partial charge on any atom is -0.508 e. The molecule has 4 aromatic rings. The van der Waals surface area contributed by atoms with Crippen molar-refractivity contribution in [2.75, 3.05) is 0 Å². The summed E-state index contributed by atoms with van der Waals surface area (Å²) in [5, 5.41) is 23.5. The number of aromatic hydroxyl groups is 2. The summed E-state index contributed by atoms with van der Waals surface area (Å²) in [5.74, 6) is 0.523. The van der Waals surface area contributed by atoms with Gasteiger partial charge in [0.1, 0.15) is 11.5 Å². The van der Waals surface area contributed by atoms with Gasteiger partial charge in [0.15, 0.2) is 12.4 Å². The van der Waals surface area contributed by atoms with Crippen molar-refractivity contribution in [3.05, 3.63) is 60.9 Å². The molecule has 20 heavy (non-hydrogen) atoms. The van der Waals surface area contributed by atoms with Gasteiger partial charge < -0.3 is 10.2 Å². The number of pyridine rings is 2. The Morgan fingerprint density at radius 1 is 0.800 bits per heavy atom. The van der Waals surface area contributed by atoms with E-state index in [0.717, 1.165) is 27.1 Å². The van der Waals surface area contributed by atoms with Crippen molar-refractivity contribution in [1.29, 1.82) is 0 Å². The SMILES string of the molecule is Oc1ccc2cc[n+]3cc4c(O)cccc4cc3c2c1. The van der Waals surface area contributed by atoms with Crippen molar-refractivity contribution in [1.82, 2.24) is 0 Å². The van der Waals surface area contributed by atoms with Gasteiger partial charge in [-0.05, 0) is 29.0 Å². The molecule has 0 unspecified atom stereocenters. The first-order valence-electron chi connectivity index (χ1n) is 6.41. The summed E-state index contributed by atoms with van der Waals surface area (Å²) in [7, 11) is 0. The minimum atomic E-state index is 0.251. The fourth-order valence-corrected chi connectivity index (χ4v) is 2.68. The number of hydrogen-bond donors (Lipinski definition) is 2. The fourth-order valence-electron chi connectivity index (χ4n) is 2.68. The van der Waals surface area contributed by atoms with Crippen molar-refractivity contribution in [3.8, 4) is 11.5 Å². The Bertz CT molecular complexity index is 977. The zero-order valence-electron chi connectivity index (χ0n) is 10.6. The lowest BCUT2D eigenvalue weighted by Gasteiger charge is -2.02. The van der Waals surface area contributed by atoms with Crippen LogP contribution < -0.4 is 4.40 Å². The summed E-state index contributed by atoms with van der Waals surface area (Å²) >= 11 is 0. The highest BCUT2D eigenvalue weighted by Gasteiger charge is 2.12. The number of phenols is 2. The smallest absolute Gasteiger partial charge is 0.219 e. The van der Waals surface area contributed by atoms with Gasteiger partial charge in [-0.25, -0.2) is 0 Å². The molecule has 0 aliphatic carbocycles. The van der Waals surface area contributed by atoms with Crippen molar-refractivity contribution in [2.45, 2.75) is 0 Å². The van der Waals surface area contributed by atoms with Crippen LogP contribution in [0, 0.1) is 0 Å². The number of rotatable bonds is 0. The van der Waals surface area contributed by atoms with E-state index >= 15 is 0 Å². The molecule has 0 radical (unpaired) electrons. The Hall–Kier alpha value is -2.81. The highest BCUT2D eigenvalue weighted by Crippen LogP contribution is 2.27. The molecule has 0 bridgehead atoms. The number of aromatic nitrogens is 1. The summed E-state index contributed by atoms with van der Waals surface area (Å²) in [6.45, 7) is 0. The predicted molar refractivity (Wildman–Crippen MR) is 77.9 cm³/mol. The molecular formula is C17H12NO2+. The van der Waals surface area contributed by atoms with Crippen molar-refractivity contribution < 1.29 is 14.6 Å². The van der Waals surface area contributed by atoms with Gasteiger partial charge in [-0.15, -0.1) is 0 Å². The minimum absolute atomic E-state index is 0.251. The van der Waals surface area contributed by atoms with Crippen LogP contribution in [0.15, 0.2) is 60.9 Å². The molecule has 2 aromatic carbocycles. The highest BCUT2D eigenvalue weighted by molar-refractivity contribution is 5.98. The molecule has 3 nitrogen and oxygen atoms in total. The first kappa shape index (κ1) is 11.1. The molecule has 0 saturated carbocycles. The lowest BCUT2D eigenvalue weighted by atomic mass is 10.1. The summed E-state index contributed by atoms with van der Waals surface area (Å²) in [6, 6.07) is 14.8. The van der Waals surface area contributed by atoms with Crippen molar-refractivity contribution in [2.24, 2.45) is 0 Å². The molecule has 2 heterocycles. The number of fused-ring (bicyclic) bond motifs is 4. The molecule has 0 aliphatic rings. The molecule has 0 aliphatic heterocycles. The standard InChI is InChI=1S/C17H11NO2/c19-13-5-4-11-6-7-18-10-15-12(2-1-3-17(15)20)8-16(18)14(11)9-13/h1-10,19H/p+1. The molecule has 2 aromatic heterocycles. The van der Waals surface area contributed by atoms with E-state index in [9.17, 15) is 10.2 Å². The fraction of sp³-hybridized carbons (Fsp3) is 0. The largest absolute Gasteiger partial charge is 0.508 e.